The Hall–Kier alpha value is -1.03. The molecule has 2 saturated heterocycles. The molecule has 0 aromatic carbocycles. The number of halogens is 6. The maximum absolute atomic E-state index is 13.0. The third kappa shape index (κ3) is 2.66. The number of likely N-dealkylation sites (tertiary alicyclic amines) is 1. The molecule has 0 aromatic heterocycles. The van der Waals surface area contributed by atoms with Gasteiger partial charge in [-0.25, -0.2) is 0 Å². The van der Waals surface area contributed by atoms with Crippen LogP contribution < -0.4 is 5.73 Å². The Kier molecular flexibility index (Phi) is 4.14. The minimum atomic E-state index is -5.47. The normalized spacial score (nSPS) is 25.3. The van der Waals surface area contributed by atoms with Crippen LogP contribution in [0.2, 0.25) is 0 Å². The van der Waals surface area contributed by atoms with E-state index in [0.717, 1.165) is 0 Å². The quantitative estimate of drug-likeness (QED) is 0.745. The van der Waals surface area contributed by atoms with E-state index in [-0.39, 0.29) is 26.1 Å². The Morgan fingerprint density at radius 1 is 1.00 bits per heavy atom. The molecule has 2 heterocycles. The van der Waals surface area contributed by atoms with Crippen molar-refractivity contribution in [3.8, 4) is 0 Å². The van der Waals surface area contributed by atoms with E-state index >= 15 is 0 Å². The van der Waals surface area contributed by atoms with Crippen LogP contribution in [0, 0.1) is 5.41 Å². The average molecular weight is 334 g/mol. The van der Waals surface area contributed by atoms with Crippen molar-refractivity contribution in [2.45, 2.75) is 37.2 Å². The molecular formula is C12H16F6N2O2. The molecule has 1 amide bonds. The maximum Gasteiger partial charge on any atom is 0.404 e. The van der Waals surface area contributed by atoms with Crippen molar-refractivity contribution >= 4 is 5.91 Å². The molecule has 2 fully saturated rings. The van der Waals surface area contributed by atoms with Gasteiger partial charge in [0.15, 0.2) is 5.41 Å². The average Bonchev–Trinajstić information content (AvgIpc) is 2.84. The van der Waals surface area contributed by atoms with E-state index in [4.69, 9.17) is 10.5 Å². The summed E-state index contributed by atoms with van der Waals surface area (Å²) < 4.78 is 82.9. The third-order valence-corrected chi connectivity index (χ3v) is 4.45. The molecule has 22 heavy (non-hydrogen) atoms. The lowest BCUT2D eigenvalue weighted by atomic mass is 9.85. The monoisotopic (exact) mass is 334 g/mol. The number of ether oxygens (including phenoxy) is 1. The smallest absolute Gasteiger partial charge is 0.381 e. The zero-order valence-electron chi connectivity index (χ0n) is 11.6. The molecule has 0 saturated carbocycles. The SMILES string of the molecule is NC1(C(=O)N2CCC(C(F)(F)F)(C(F)(F)F)C2)CCOCC1. The Labute approximate surface area is 122 Å². The molecule has 0 spiro atoms. The van der Waals surface area contributed by atoms with E-state index in [9.17, 15) is 31.1 Å². The van der Waals surface area contributed by atoms with Crippen LogP contribution in [0.3, 0.4) is 0 Å². The number of hydrogen-bond acceptors (Lipinski definition) is 3. The van der Waals surface area contributed by atoms with Gasteiger partial charge in [0.05, 0.1) is 5.54 Å². The lowest BCUT2D eigenvalue weighted by molar-refractivity contribution is -0.335. The summed E-state index contributed by atoms with van der Waals surface area (Å²) in [5.41, 5.74) is 0.525. The van der Waals surface area contributed by atoms with Gasteiger partial charge in [0.1, 0.15) is 0 Å². The number of carbonyl (C=O) groups is 1. The van der Waals surface area contributed by atoms with Crippen LogP contribution in [0.5, 0.6) is 0 Å². The summed E-state index contributed by atoms with van der Waals surface area (Å²) in [4.78, 5) is 12.9. The van der Waals surface area contributed by atoms with Gasteiger partial charge in [-0.2, -0.15) is 26.3 Å². The molecule has 0 radical (unpaired) electrons. The highest BCUT2D eigenvalue weighted by molar-refractivity contribution is 5.86. The molecule has 0 aromatic rings. The number of hydrogen-bond donors (Lipinski definition) is 1. The van der Waals surface area contributed by atoms with Gasteiger partial charge in [-0.1, -0.05) is 0 Å². The van der Waals surface area contributed by atoms with Gasteiger partial charge in [0.2, 0.25) is 5.91 Å². The summed E-state index contributed by atoms with van der Waals surface area (Å²) in [5, 5.41) is 0. The molecule has 0 bridgehead atoms. The van der Waals surface area contributed by atoms with Gasteiger partial charge in [-0.3, -0.25) is 4.79 Å². The van der Waals surface area contributed by atoms with E-state index < -0.39 is 48.7 Å². The molecule has 4 nitrogen and oxygen atoms in total. The first-order valence-corrected chi connectivity index (χ1v) is 6.72. The van der Waals surface area contributed by atoms with Crippen LogP contribution in [-0.2, 0) is 9.53 Å². The van der Waals surface area contributed by atoms with E-state index in [1.165, 1.54) is 0 Å². The van der Waals surface area contributed by atoms with Crippen LogP contribution in [-0.4, -0.2) is 55.0 Å². The van der Waals surface area contributed by atoms with Gasteiger partial charge in [0.25, 0.3) is 0 Å². The second-order valence-electron chi connectivity index (χ2n) is 5.82. The number of rotatable bonds is 1. The fraction of sp³-hybridized carbons (Fsp3) is 0.917. The van der Waals surface area contributed by atoms with Gasteiger partial charge in [-0.15, -0.1) is 0 Å². The molecule has 2 N–H and O–H groups in total. The first-order valence-electron chi connectivity index (χ1n) is 6.72. The van der Waals surface area contributed by atoms with E-state index in [1.54, 1.807) is 0 Å². The van der Waals surface area contributed by atoms with Gasteiger partial charge in [0, 0.05) is 26.3 Å². The number of amides is 1. The summed E-state index contributed by atoms with van der Waals surface area (Å²) in [5.74, 6) is -0.869. The summed E-state index contributed by atoms with van der Waals surface area (Å²) >= 11 is 0. The minimum Gasteiger partial charge on any atom is -0.381 e. The molecule has 0 atom stereocenters. The van der Waals surface area contributed by atoms with Crippen molar-refractivity contribution < 1.29 is 35.9 Å². The van der Waals surface area contributed by atoms with Crippen LogP contribution in [0.4, 0.5) is 26.3 Å². The summed E-state index contributed by atoms with van der Waals surface area (Å²) in [6.07, 6.45) is -12.0. The Morgan fingerprint density at radius 2 is 1.50 bits per heavy atom. The number of alkyl halides is 6. The molecule has 128 valence electrons. The van der Waals surface area contributed by atoms with Crippen LogP contribution >= 0.6 is 0 Å². The predicted molar refractivity (Wildman–Crippen MR) is 62.7 cm³/mol. The minimum absolute atomic E-state index is 0.0768. The van der Waals surface area contributed by atoms with E-state index in [2.05, 4.69) is 0 Å². The molecule has 2 aliphatic heterocycles. The predicted octanol–water partition coefficient (Wildman–Crippen LogP) is 1.84. The van der Waals surface area contributed by atoms with E-state index in [0.29, 0.717) is 4.90 Å². The lowest BCUT2D eigenvalue weighted by Crippen LogP contribution is -2.59. The molecule has 2 aliphatic rings. The van der Waals surface area contributed by atoms with Gasteiger partial charge < -0.3 is 15.4 Å². The number of carbonyl (C=O) groups excluding carboxylic acids is 1. The van der Waals surface area contributed by atoms with Crippen molar-refractivity contribution in [2.75, 3.05) is 26.3 Å². The standard InChI is InChI=1S/C12H16F6N2O2/c13-11(14,15)10(12(16,17)18)1-4-20(7-10)8(21)9(19)2-5-22-6-3-9/h1-7,19H2. The Balaban J connectivity index is 2.22. The lowest BCUT2D eigenvalue weighted by Gasteiger charge is -2.37. The molecular weight excluding hydrogens is 318 g/mol. The molecule has 2 rings (SSSR count). The maximum atomic E-state index is 13.0. The van der Waals surface area contributed by atoms with Gasteiger partial charge >= 0.3 is 12.4 Å². The Morgan fingerprint density at radius 3 is 1.91 bits per heavy atom. The second kappa shape index (κ2) is 5.26. The van der Waals surface area contributed by atoms with Crippen LogP contribution in [0.15, 0.2) is 0 Å². The highest BCUT2D eigenvalue weighted by atomic mass is 19.4. The number of nitrogens with two attached hydrogens (primary N) is 1. The molecule has 0 unspecified atom stereocenters. The fourth-order valence-electron chi connectivity index (χ4n) is 2.87. The Bertz CT molecular complexity index is 428. The van der Waals surface area contributed by atoms with Gasteiger partial charge in [-0.05, 0) is 19.3 Å². The fourth-order valence-corrected chi connectivity index (χ4v) is 2.87. The van der Waals surface area contributed by atoms with Crippen molar-refractivity contribution in [3.63, 3.8) is 0 Å². The highest BCUT2D eigenvalue weighted by Crippen LogP contribution is 2.55. The van der Waals surface area contributed by atoms with Crippen molar-refractivity contribution in [3.05, 3.63) is 0 Å². The highest BCUT2D eigenvalue weighted by Gasteiger charge is 2.73. The topological polar surface area (TPSA) is 55.6 Å². The second-order valence-corrected chi connectivity index (χ2v) is 5.82. The third-order valence-electron chi connectivity index (χ3n) is 4.45. The zero-order chi connectivity index (χ0) is 16.8. The van der Waals surface area contributed by atoms with Crippen molar-refractivity contribution in [2.24, 2.45) is 11.1 Å². The zero-order valence-corrected chi connectivity index (χ0v) is 11.6. The van der Waals surface area contributed by atoms with Crippen molar-refractivity contribution in [1.29, 1.82) is 0 Å². The van der Waals surface area contributed by atoms with Crippen LogP contribution in [0.1, 0.15) is 19.3 Å². The van der Waals surface area contributed by atoms with Crippen LogP contribution in [0.25, 0.3) is 0 Å². The first kappa shape index (κ1) is 17.3. The van der Waals surface area contributed by atoms with Crippen molar-refractivity contribution in [1.82, 2.24) is 4.90 Å². The molecule has 0 aliphatic carbocycles. The molecule has 10 heteroatoms. The number of nitrogens with zero attached hydrogens (tertiary/aromatic N) is 1. The summed E-state index contributed by atoms with van der Waals surface area (Å²) in [6.45, 7) is -1.74. The summed E-state index contributed by atoms with van der Waals surface area (Å²) in [6, 6.07) is 0. The summed E-state index contributed by atoms with van der Waals surface area (Å²) in [7, 11) is 0. The first-order chi connectivity index (χ1) is 9.93. The van der Waals surface area contributed by atoms with E-state index in [1.807, 2.05) is 0 Å². The largest absolute Gasteiger partial charge is 0.404 e.